The van der Waals surface area contributed by atoms with E-state index in [1.165, 1.54) is 17.7 Å². The predicted molar refractivity (Wildman–Crippen MR) is 123 cm³/mol. The van der Waals surface area contributed by atoms with Crippen LogP contribution in [0.4, 0.5) is 10.2 Å². The first kappa shape index (κ1) is 18.7. The van der Waals surface area contributed by atoms with Crippen LogP contribution in [0.3, 0.4) is 0 Å². The molecular weight excluding hydrogens is 405 g/mol. The van der Waals surface area contributed by atoms with Crippen molar-refractivity contribution in [2.75, 3.05) is 18.4 Å². The van der Waals surface area contributed by atoms with Crippen LogP contribution in [0.5, 0.6) is 0 Å². The third-order valence-electron chi connectivity index (χ3n) is 5.75. The van der Waals surface area contributed by atoms with E-state index in [2.05, 4.69) is 42.9 Å². The molecule has 0 saturated carbocycles. The third-order valence-corrected chi connectivity index (χ3v) is 5.75. The number of aromatic amines is 2. The first-order valence-electron chi connectivity index (χ1n) is 10.5. The van der Waals surface area contributed by atoms with Crippen molar-refractivity contribution in [1.29, 1.82) is 0 Å². The maximum absolute atomic E-state index is 13.9. The summed E-state index contributed by atoms with van der Waals surface area (Å²) in [7, 11) is 0. The van der Waals surface area contributed by atoms with E-state index in [-0.39, 0.29) is 5.82 Å². The van der Waals surface area contributed by atoms with Crippen LogP contribution in [-0.4, -0.2) is 38.2 Å². The molecule has 158 valence electrons. The molecule has 7 nitrogen and oxygen atoms in total. The van der Waals surface area contributed by atoms with Gasteiger partial charge in [-0.2, -0.15) is 5.10 Å². The van der Waals surface area contributed by atoms with Gasteiger partial charge in [0.05, 0.1) is 23.1 Å². The van der Waals surface area contributed by atoms with Crippen molar-refractivity contribution >= 4 is 27.9 Å². The number of hydrogen-bond acceptors (Lipinski definition) is 5. The van der Waals surface area contributed by atoms with Gasteiger partial charge in [-0.3, -0.25) is 10.1 Å². The number of hydrogen-bond donors (Lipinski definition) is 4. The highest BCUT2D eigenvalue weighted by atomic mass is 19.1. The maximum atomic E-state index is 13.9. The Balaban J connectivity index is 1.45. The van der Waals surface area contributed by atoms with E-state index in [4.69, 9.17) is 4.98 Å². The zero-order valence-corrected chi connectivity index (χ0v) is 17.1. The first-order chi connectivity index (χ1) is 15.8. The number of imidazole rings is 1. The fraction of sp³-hybridized carbons (Fsp3) is 0.125. The molecule has 0 atom stereocenters. The van der Waals surface area contributed by atoms with Gasteiger partial charge >= 0.3 is 0 Å². The number of anilines is 1. The molecule has 32 heavy (non-hydrogen) atoms. The second-order valence-corrected chi connectivity index (χ2v) is 7.77. The number of H-pyrrole nitrogens is 2. The van der Waals surface area contributed by atoms with Crippen molar-refractivity contribution in [3.8, 4) is 11.5 Å². The summed E-state index contributed by atoms with van der Waals surface area (Å²) in [5.74, 6) is 1.01. The standard InChI is InChI=1S/C24H20FN7/c25-16-4-1-3-15(11-16)17-5-2-8-27-23-21(17)29-24(30-23)22-18-12-19(14-6-9-26-10-7-14)28-13-20(18)31-32-22/h1-6,8,11-13,26-27H,7,9-10H2,(H,29,30)(H,31,32). The Labute approximate surface area is 183 Å². The van der Waals surface area contributed by atoms with Gasteiger partial charge in [0.25, 0.3) is 0 Å². The van der Waals surface area contributed by atoms with E-state index in [1.807, 2.05) is 30.6 Å². The lowest BCUT2D eigenvalue weighted by Gasteiger charge is -2.13. The Bertz CT molecular complexity index is 1420. The van der Waals surface area contributed by atoms with Crippen LogP contribution >= 0.6 is 0 Å². The molecule has 3 aromatic heterocycles. The molecule has 0 spiro atoms. The molecule has 4 aromatic rings. The van der Waals surface area contributed by atoms with Gasteiger partial charge in [-0.15, -0.1) is 0 Å². The Morgan fingerprint density at radius 2 is 2.09 bits per heavy atom. The van der Waals surface area contributed by atoms with Crippen molar-refractivity contribution in [1.82, 2.24) is 30.5 Å². The molecule has 0 bridgehead atoms. The minimum atomic E-state index is -0.281. The number of fused-ring (bicyclic) bond motifs is 2. The molecule has 8 heteroatoms. The smallest absolute Gasteiger partial charge is 0.161 e. The van der Waals surface area contributed by atoms with Crippen molar-refractivity contribution in [3.63, 3.8) is 0 Å². The van der Waals surface area contributed by atoms with Crippen molar-refractivity contribution in [3.05, 3.63) is 83.7 Å². The van der Waals surface area contributed by atoms with E-state index >= 15 is 0 Å². The zero-order chi connectivity index (χ0) is 21.5. The molecule has 0 radical (unpaired) electrons. The lowest BCUT2D eigenvalue weighted by atomic mass is 10.0. The summed E-state index contributed by atoms with van der Waals surface area (Å²) in [5, 5.41) is 15.0. The quantitative estimate of drug-likeness (QED) is 0.394. The highest BCUT2D eigenvalue weighted by molar-refractivity contribution is 5.94. The van der Waals surface area contributed by atoms with Crippen LogP contribution in [0.2, 0.25) is 0 Å². The third kappa shape index (κ3) is 3.21. The van der Waals surface area contributed by atoms with Gasteiger partial charge in [0.1, 0.15) is 11.5 Å². The van der Waals surface area contributed by atoms with E-state index in [0.717, 1.165) is 58.6 Å². The second kappa shape index (κ2) is 7.58. The molecule has 0 saturated heterocycles. The van der Waals surface area contributed by atoms with Gasteiger partial charge in [-0.25, -0.2) is 9.37 Å². The van der Waals surface area contributed by atoms with Crippen LogP contribution in [0.1, 0.15) is 23.4 Å². The number of rotatable bonds is 3. The molecule has 4 N–H and O–H groups in total. The number of benzene rings is 1. The normalized spacial score (nSPS) is 15.7. The molecule has 0 unspecified atom stereocenters. The number of aromatic nitrogens is 5. The average Bonchev–Trinajstić information content (AvgIpc) is 3.38. The van der Waals surface area contributed by atoms with E-state index in [1.54, 1.807) is 6.07 Å². The van der Waals surface area contributed by atoms with Gasteiger partial charge in [0.2, 0.25) is 0 Å². The highest BCUT2D eigenvalue weighted by Crippen LogP contribution is 2.34. The topological polar surface area (TPSA) is 94.3 Å². The van der Waals surface area contributed by atoms with Gasteiger partial charge < -0.3 is 15.6 Å². The summed E-state index contributed by atoms with van der Waals surface area (Å²) in [6.07, 6.45) is 10.6. The van der Waals surface area contributed by atoms with Crippen molar-refractivity contribution in [2.24, 2.45) is 0 Å². The second-order valence-electron chi connectivity index (χ2n) is 7.77. The van der Waals surface area contributed by atoms with Gasteiger partial charge in [-0.05, 0) is 48.4 Å². The minimum Gasteiger partial charge on any atom is -0.345 e. The molecule has 0 aliphatic carbocycles. The molecule has 6 rings (SSSR count). The number of allylic oxidation sites excluding steroid dienone is 2. The summed E-state index contributed by atoms with van der Waals surface area (Å²) in [5.41, 5.74) is 6.15. The van der Waals surface area contributed by atoms with Crippen molar-refractivity contribution < 1.29 is 4.39 Å². The predicted octanol–water partition coefficient (Wildman–Crippen LogP) is 4.23. The lowest BCUT2D eigenvalue weighted by molar-refractivity contribution is 0.627. The number of nitrogens with zero attached hydrogens (tertiary/aromatic N) is 3. The van der Waals surface area contributed by atoms with E-state index in [0.29, 0.717) is 11.6 Å². The van der Waals surface area contributed by atoms with Crippen LogP contribution in [0.25, 0.3) is 33.6 Å². The fourth-order valence-electron chi connectivity index (χ4n) is 4.16. The Morgan fingerprint density at radius 1 is 1.12 bits per heavy atom. The lowest BCUT2D eigenvalue weighted by Crippen LogP contribution is -2.20. The molecule has 2 aliphatic heterocycles. The number of pyridine rings is 1. The van der Waals surface area contributed by atoms with Crippen LogP contribution in [0.15, 0.2) is 61.0 Å². The maximum Gasteiger partial charge on any atom is 0.161 e. The summed E-state index contributed by atoms with van der Waals surface area (Å²) in [4.78, 5) is 12.8. The monoisotopic (exact) mass is 425 g/mol. The van der Waals surface area contributed by atoms with Gasteiger partial charge in [-0.1, -0.05) is 24.3 Å². The minimum absolute atomic E-state index is 0.281. The van der Waals surface area contributed by atoms with Crippen LogP contribution < -0.4 is 10.6 Å². The molecule has 0 amide bonds. The Morgan fingerprint density at radius 3 is 2.97 bits per heavy atom. The molecule has 5 heterocycles. The first-order valence-corrected chi connectivity index (χ1v) is 10.5. The summed E-state index contributed by atoms with van der Waals surface area (Å²) >= 11 is 0. The zero-order valence-electron chi connectivity index (χ0n) is 17.1. The molecular formula is C24H20FN7. The van der Waals surface area contributed by atoms with E-state index in [9.17, 15) is 4.39 Å². The number of nitrogens with one attached hydrogen (secondary N) is 4. The average molecular weight is 425 g/mol. The molecule has 1 aromatic carbocycles. The van der Waals surface area contributed by atoms with Crippen LogP contribution in [0, 0.1) is 5.82 Å². The Kier molecular flexibility index (Phi) is 4.43. The van der Waals surface area contributed by atoms with Gasteiger partial charge in [0.15, 0.2) is 11.6 Å². The fourth-order valence-corrected chi connectivity index (χ4v) is 4.16. The van der Waals surface area contributed by atoms with Crippen LogP contribution in [-0.2, 0) is 0 Å². The molecule has 0 fully saturated rings. The largest absolute Gasteiger partial charge is 0.345 e. The SMILES string of the molecule is Fc1cccc(C2=CC=CNc3nc(-c4n[nH]c5cnc(C6=CCNCC6)cc45)[nH]c32)c1. The summed E-state index contributed by atoms with van der Waals surface area (Å²) in [6.45, 7) is 1.80. The summed E-state index contributed by atoms with van der Waals surface area (Å²) in [6, 6.07) is 8.61. The number of halogens is 1. The Hall–Kier alpha value is -4.04. The van der Waals surface area contributed by atoms with Gasteiger partial charge in [0, 0.05) is 23.7 Å². The molecule has 2 aliphatic rings. The van der Waals surface area contributed by atoms with Crippen molar-refractivity contribution in [2.45, 2.75) is 6.42 Å². The van der Waals surface area contributed by atoms with E-state index < -0.39 is 0 Å². The highest BCUT2D eigenvalue weighted by Gasteiger charge is 2.21. The summed E-state index contributed by atoms with van der Waals surface area (Å²) < 4.78 is 13.9.